The number of anilines is 2. The van der Waals surface area contributed by atoms with Crippen LogP contribution >= 0.6 is 11.8 Å². The third kappa shape index (κ3) is 5.14. The molecule has 2 aromatic carbocycles. The quantitative estimate of drug-likeness (QED) is 0.496. The summed E-state index contributed by atoms with van der Waals surface area (Å²) < 4.78 is 5.42. The Labute approximate surface area is 169 Å². The number of hydrogen-bond donors (Lipinski definition) is 2. The van der Waals surface area contributed by atoms with Gasteiger partial charge in [0, 0.05) is 29.8 Å². The van der Waals surface area contributed by atoms with E-state index in [1.54, 1.807) is 11.8 Å². The highest BCUT2D eigenvalue weighted by Gasteiger charge is 2.11. The van der Waals surface area contributed by atoms with Gasteiger partial charge >= 0.3 is 0 Å². The zero-order valence-electron chi connectivity index (χ0n) is 16.6. The molecule has 0 saturated carbocycles. The van der Waals surface area contributed by atoms with Gasteiger partial charge in [-0.3, -0.25) is 4.79 Å². The Morgan fingerprint density at radius 2 is 2.00 bits per heavy atom. The topological polar surface area (TPSA) is 67.0 Å². The highest BCUT2D eigenvalue weighted by Crippen LogP contribution is 2.26. The Bertz CT molecular complexity index is 973. The van der Waals surface area contributed by atoms with Crippen LogP contribution in [0.1, 0.15) is 31.7 Å². The van der Waals surface area contributed by atoms with E-state index >= 15 is 0 Å². The number of benzene rings is 2. The number of fused-ring (bicyclic) bond motifs is 1. The number of ether oxygens (including phenoxy) is 1. The number of para-hydroxylation sites is 1. The first kappa shape index (κ1) is 20.4. The highest BCUT2D eigenvalue weighted by molar-refractivity contribution is 7.99. The summed E-state index contributed by atoms with van der Waals surface area (Å²) >= 11 is 1.78. The first-order valence-corrected chi connectivity index (χ1v) is 10.7. The van der Waals surface area contributed by atoms with E-state index in [1.165, 1.54) is 0 Å². The number of hydrogen-bond acceptors (Lipinski definition) is 5. The molecule has 6 heteroatoms. The molecule has 0 fully saturated rings. The van der Waals surface area contributed by atoms with Crippen LogP contribution in [0.2, 0.25) is 0 Å². The summed E-state index contributed by atoms with van der Waals surface area (Å²) in [4.78, 5) is 20.2. The lowest BCUT2D eigenvalue weighted by Crippen LogP contribution is -2.13. The van der Waals surface area contributed by atoms with Crippen LogP contribution in [0.15, 0.2) is 47.3 Å². The van der Waals surface area contributed by atoms with Crippen LogP contribution in [0.25, 0.3) is 10.9 Å². The molecule has 1 heterocycles. The fraction of sp³-hybridized carbons (Fsp3) is 0.364. The lowest BCUT2D eigenvalue weighted by molar-refractivity contribution is 0.145. The van der Waals surface area contributed by atoms with Gasteiger partial charge in [0.25, 0.3) is 5.56 Å². The van der Waals surface area contributed by atoms with E-state index in [-0.39, 0.29) is 5.56 Å². The number of nitrogens with one attached hydrogen (secondary N) is 2. The highest BCUT2D eigenvalue weighted by atomic mass is 32.2. The van der Waals surface area contributed by atoms with Gasteiger partial charge in [-0.25, -0.2) is 4.98 Å². The zero-order chi connectivity index (χ0) is 19.9. The van der Waals surface area contributed by atoms with Crippen molar-refractivity contribution in [2.45, 2.75) is 38.2 Å². The van der Waals surface area contributed by atoms with E-state index < -0.39 is 0 Å². The number of nitrogens with zero attached hydrogens (tertiary/aromatic N) is 1. The molecule has 0 aliphatic rings. The zero-order valence-corrected chi connectivity index (χ0v) is 17.4. The van der Waals surface area contributed by atoms with E-state index in [4.69, 9.17) is 9.72 Å². The summed E-state index contributed by atoms with van der Waals surface area (Å²) in [5.41, 5.74) is 3.61. The van der Waals surface area contributed by atoms with Crippen LogP contribution in [0.5, 0.6) is 0 Å². The van der Waals surface area contributed by atoms with Gasteiger partial charge in [0.05, 0.1) is 16.7 Å². The number of aromatic nitrogens is 2. The molecule has 0 amide bonds. The van der Waals surface area contributed by atoms with Crippen LogP contribution in [0.3, 0.4) is 0 Å². The van der Waals surface area contributed by atoms with Gasteiger partial charge in [0.15, 0.2) is 0 Å². The Morgan fingerprint density at radius 1 is 1.21 bits per heavy atom. The van der Waals surface area contributed by atoms with Gasteiger partial charge in [-0.1, -0.05) is 25.1 Å². The molecule has 0 aliphatic carbocycles. The average Bonchev–Trinajstić information content (AvgIpc) is 2.70. The predicted octanol–water partition coefficient (Wildman–Crippen LogP) is 5.02. The summed E-state index contributed by atoms with van der Waals surface area (Å²) in [5.74, 6) is 1.39. The van der Waals surface area contributed by atoms with Crippen molar-refractivity contribution in [3.8, 4) is 0 Å². The molecule has 3 aromatic rings. The Balaban J connectivity index is 1.80. The van der Waals surface area contributed by atoms with Crippen LogP contribution in [0, 0.1) is 6.92 Å². The lowest BCUT2D eigenvalue weighted by atomic mass is 10.1. The number of H-pyrrole nitrogens is 1. The van der Waals surface area contributed by atoms with E-state index in [0.29, 0.717) is 22.2 Å². The fourth-order valence-corrected chi connectivity index (χ4v) is 3.81. The number of thioether (sulfide) groups is 1. The van der Waals surface area contributed by atoms with Gasteiger partial charge < -0.3 is 15.0 Å². The summed E-state index contributed by atoms with van der Waals surface area (Å²) in [7, 11) is 0. The predicted molar refractivity (Wildman–Crippen MR) is 119 cm³/mol. The smallest absolute Gasteiger partial charge is 0.258 e. The Kier molecular flexibility index (Phi) is 7.12. The van der Waals surface area contributed by atoms with Crippen molar-refractivity contribution in [1.82, 2.24) is 9.97 Å². The van der Waals surface area contributed by atoms with Gasteiger partial charge in [-0.05, 0) is 50.1 Å². The second-order valence-corrected chi connectivity index (χ2v) is 8.17. The number of aromatic amines is 1. The van der Waals surface area contributed by atoms with Gasteiger partial charge in [0.1, 0.15) is 5.82 Å². The van der Waals surface area contributed by atoms with Crippen molar-refractivity contribution in [3.63, 3.8) is 0 Å². The minimum Gasteiger partial charge on any atom is -0.382 e. The van der Waals surface area contributed by atoms with Crippen LogP contribution in [0.4, 0.5) is 11.4 Å². The van der Waals surface area contributed by atoms with E-state index in [0.717, 1.165) is 42.1 Å². The molecule has 2 N–H and O–H groups in total. The van der Waals surface area contributed by atoms with E-state index in [2.05, 4.69) is 17.2 Å². The molecule has 1 atom stereocenters. The molecule has 0 radical (unpaired) electrons. The molecule has 3 rings (SSSR count). The minimum absolute atomic E-state index is 0.0862. The van der Waals surface area contributed by atoms with Crippen molar-refractivity contribution < 1.29 is 4.74 Å². The molecule has 1 aromatic heterocycles. The van der Waals surface area contributed by atoms with Gasteiger partial charge in [0.2, 0.25) is 0 Å². The van der Waals surface area contributed by atoms with Crippen LogP contribution < -0.4 is 10.9 Å². The summed E-state index contributed by atoms with van der Waals surface area (Å²) in [5, 5.41) is 4.47. The molecule has 148 valence electrons. The van der Waals surface area contributed by atoms with E-state index in [1.807, 2.05) is 56.3 Å². The Morgan fingerprint density at radius 3 is 2.75 bits per heavy atom. The monoisotopic (exact) mass is 397 g/mol. The maximum Gasteiger partial charge on any atom is 0.258 e. The molecule has 0 saturated heterocycles. The lowest BCUT2D eigenvalue weighted by Gasteiger charge is -2.13. The van der Waals surface area contributed by atoms with Crippen molar-refractivity contribution in [1.29, 1.82) is 0 Å². The minimum atomic E-state index is -0.0862. The fourth-order valence-electron chi connectivity index (χ4n) is 2.97. The standard InChI is InChI=1S/C22H27N3O2S/c1-4-27-13-12-15(2)28-14-20-24-21-16(3)19(11-10-18(21)22(26)25-20)23-17-8-6-5-7-9-17/h5-11,15,23H,4,12-14H2,1-3H3,(H,24,25,26). The maximum atomic E-state index is 12.5. The van der Waals surface area contributed by atoms with Crippen molar-refractivity contribution >= 4 is 34.0 Å². The third-order valence-corrected chi connectivity index (χ3v) is 5.86. The maximum absolute atomic E-state index is 12.5. The third-order valence-electron chi connectivity index (χ3n) is 4.61. The molecule has 0 spiro atoms. The second kappa shape index (κ2) is 9.75. The SMILES string of the molecule is CCOCCC(C)SCc1nc2c(C)c(Nc3ccccc3)ccc2c(=O)[nH]1. The number of rotatable bonds is 9. The first-order chi connectivity index (χ1) is 13.6. The molecule has 0 bridgehead atoms. The number of aryl methyl sites for hydroxylation is 1. The molecular formula is C22H27N3O2S. The summed E-state index contributed by atoms with van der Waals surface area (Å²) in [6.45, 7) is 7.69. The second-order valence-electron chi connectivity index (χ2n) is 6.75. The molecule has 0 aliphatic heterocycles. The molecule has 5 nitrogen and oxygen atoms in total. The van der Waals surface area contributed by atoms with Crippen LogP contribution in [-0.2, 0) is 10.5 Å². The van der Waals surface area contributed by atoms with Crippen LogP contribution in [-0.4, -0.2) is 28.4 Å². The largest absolute Gasteiger partial charge is 0.382 e. The van der Waals surface area contributed by atoms with Crippen molar-refractivity contribution in [3.05, 3.63) is 64.2 Å². The summed E-state index contributed by atoms with van der Waals surface area (Å²) in [6.07, 6.45) is 0.987. The normalized spacial score (nSPS) is 12.2. The average molecular weight is 398 g/mol. The van der Waals surface area contributed by atoms with Gasteiger partial charge in [-0.15, -0.1) is 0 Å². The molecule has 28 heavy (non-hydrogen) atoms. The summed E-state index contributed by atoms with van der Waals surface area (Å²) in [6, 6.07) is 13.8. The Hall–Kier alpha value is -2.31. The first-order valence-electron chi connectivity index (χ1n) is 9.62. The van der Waals surface area contributed by atoms with Gasteiger partial charge in [-0.2, -0.15) is 11.8 Å². The molecule has 1 unspecified atom stereocenters. The van der Waals surface area contributed by atoms with E-state index in [9.17, 15) is 4.79 Å². The van der Waals surface area contributed by atoms with Crippen molar-refractivity contribution in [2.75, 3.05) is 18.5 Å². The van der Waals surface area contributed by atoms with Crippen molar-refractivity contribution in [2.24, 2.45) is 0 Å². The molecular weight excluding hydrogens is 370 g/mol.